The molecule has 1 radical (unpaired) electrons. The lowest BCUT2D eigenvalue weighted by Crippen LogP contribution is -2.39. The Balaban J connectivity index is 1.42. The van der Waals surface area contributed by atoms with Gasteiger partial charge in [-0.3, -0.25) is 5.11 Å². The highest BCUT2D eigenvalue weighted by molar-refractivity contribution is 7.22. The van der Waals surface area contributed by atoms with Crippen LogP contribution in [0.25, 0.3) is 10.2 Å². The fraction of sp³-hybridized carbons (Fsp3) is 0.278. The third-order valence-corrected chi connectivity index (χ3v) is 5.44. The molecule has 1 saturated heterocycles. The second-order valence-corrected chi connectivity index (χ2v) is 7.02. The van der Waals surface area contributed by atoms with E-state index < -0.39 is 0 Å². The van der Waals surface area contributed by atoms with Crippen molar-refractivity contribution in [2.45, 2.75) is 18.9 Å². The summed E-state index contributed by atoms with van der Waals surface area (Å²) in [6.45, 7) is 1.74. The molecule has 0 unspecified atom stereocenters. The number of para-hydroxylation sites is 1. The molecule has 1 aliphatic rings. The van der Waals surface area contributed by atoms with Crippen LogP contribution in [-0.4, -0.2) is 24.1 Å². The summed E-state index contributed by atoms with van der Waals surface area (Å²) < 4.78 is 14.8. The number of thiazole rings is 1. The molecule has 2 heterocycles. The number of piperidine rings is 1. The van der Waals surface area contributed by atoms with Gasteiger partial charge in [-0.25, -0.2) is 9.37 Å². The Bertz CT molecular complexity index is 858. The van der Waals surface area contributed by atoms with Crippen LogP contribution in [0.1, 0.15) is 12.8 Å². The standard InChI is InChI=1S/C18H17FN3OS/c19-14-3-1-2-4-15(14)20-12-7-9-22(10-8-12)18-21-16-11-13(23)5-6-17(16)24-18/h1-6,11-12,20H,7-10H2. The van der Waals surface area contributed by atoms with Gasteiger partial charge in [0.2, 0.25) is 0 Å². The van der Waals surface area contributed by atoms with Gasteiger partial charge in [0.25, 0.3) is 0 Å². The highest BCUT2D eigenvalue weighted by Gasteiger charge is 2.22. The summed E-state index contributed by atoms with van der Waals surface area (Å²) in [7, 11) is 0. The molecular weight excluding hydrogens is 325 g/mol. The first-order valence-corrected chi connectivity index (χ1v) is 8.84. The van der Waals surface area contributed by atoms with Crippen molar-refractivity contribution in [3.63, 3.8) is 0 Å². The molecule has 24 heavy (non-hydrogen) atoms. The largest absolute Gasteiger partial charge is 0.380 e. The molecule has 0 atom stereocenters. The molecule has 4 nitrogen and oxygen atoms in total. The van der Waals surface area contributed by atoms with E-state index in [4.69, 9.17) is 0 Å². The maximum Gasteiger partial charge on any atom is 0.186 e. The third-order valence-electron chi connectivity index (χ3n) is 4.35. The van der Waals surface area contributed by atoms with Crippen molar-refractivity contribution >= 4 is 32.4 Å². The quantitative estimate of drug-likeness (QED) is 0.753. The Morgan fingerprint density at radius 1 is 1.17 bits per heavy atom. The van der Waals surface area contributed by atoms with E-state index in [0.29, 0.717) is 5.69 Å². The third kappa shape index (κ3) is 3.01. The number of halogens is 1. The van der Waals surface area contributed by atoms with Crippen molar-refractivity contribution in [2.75, 3.05) is 23.3 Å². The minimum absolute atomic E-state index is 0.00727. The fourth-order valence-corrected chi connectivity index (χ4v) is 4.04. The van der Waals surface area contributed by atoms with E-state index in [-0.39, 0.29) is 17.6 Å². The summed E-state index contributed by atoms with van der Waals surface area (Å²) in [5, 5.41) is 15.7. The van der Waals surface area contributed by atoms with Gasteiger partial charge in [-0.05, 0) is 37.1 Å². The Kier molecular flexibility index (Phi) is 3.98. The molecule has 1 N–H and O–H groups in total. The Morgan fingerprint density at radius 3 is 2.75 bits per heavy atom. The van der Waals surface area contributed by atoms with Crippen molar-refractivity contribution < 1.29 is 9.50 Å². The Hall–Kier alpha value is -2.34. The monoisotopic (exact) mass is 342 g/mol. The number of benzene rings is 2. The number of fused-ring (bicyclic) bond motifs is 1. The molecule has 0 spiro atoms. The molecule has 6 heteroatoms. The van der Waals surface area contributed by atoms with Crippen molar-refractivity contribution in [1.82, 2.24) is 4.98 Å². The highest BCUT2D eigenvalue weighted by Crippen LogP contribution is 2.32. The second kappa shape index (κ2) is 6.28. The number of hydrogen-bond acceptors (Lipinski definition) is 4. The van der Waals surface area contributed by atoms with Crippen LogP contribution in [0.2, 0.25) is 0 Å². The van der Waals surface area contributed by atoms with Crippen molar-refractivity contribution in [1.29, 1.82) is 0 Å². The molecule has 0 amide bonds. The summed E-state index contributed by atoms with van der Waals surface area (Å²) in [6, 6.07) is 12.1. The summed E-state index contributed by atoms with van der Waals surface area (Å²) in [6.07, 6.45) is 1.86. The van der Waals surface area contributed by atoms with Gasteiger partial charge in [-0.2, -0.15) is 0 Å². The topological polar surface area (TPSA) is 48.1 Å². The predicted octanol–water partition coefficient (Wildman–Crippen LogP) is 4.66. The van der Waals surface area contributed by atoms with Crippen LogP contribution < -0.4 is 10.2 Å². The molecular formula is C18H17FN3OS. The number of anilines is 2. The van der Waals surface area contributed by atoms with E-state index in [1.165, 1.54) is 6.07 Å². The van der Waals surface area contributed by atoms with E-state index in [1.54, 1.807) is 35.6 Å². The summed E-state index contributed by atoms with van der Waals surface area (Å²) in [4.78, 5) is 6.83. The van der Waals surface area contributed by atoms with Crippen LogP contribution in [-0.2, 0) is 5.11 Å². The minimum atomic E-state index is -0.209. The molecule has 0 aliphatic carbocycles. The van der Waals surface area contributed by atoms with Crippen molar-refractivity contribution in [3.05, 3.63) is 48.3 Å². The van der Waals surface area contributed by atoms with Gasteiger partial charge in [-0.15, -0.1) is 0 Å². The average molecular weight is 342 g/mol. The number of nitrogens with one attached hydrogen (secondary N) is 1. The normalized spacial score (nSPS) is 15.8. The van der Waals surface area contributed by atoms with Crippen LogP contribution in [0.15, 0.2) is 42.5 Å². The Labute approximate surface area is 143 Å². The first-order valence-electron chi connectivity index (χ1n) is 8.03. The molecule has 4 rings (SSSR count). The van der Waals surface area contributed by atoms with Crippen LogP contribution in [0.5, 0.6) is 5.75 Å². The van der Waals surface area contributed by atoms with Crippen molar-refractivity contribution in [2.24, 2.45) is 0 Å². The molecule has 123 valence electrons. The van der Waals surface area contributed by atoms with Gasteiger partial charge in [-0.1, -0.05) is 23.5 Å². The van der Waals surface area contributed by atoms with Gasteiger partial charge >= 0.3 is 0 Å². The van der Waals surface area contributed by atoms with Crippen LogP contribution in [0, 0.1) is 5.82 Å². The van der Waals surface area contributed by atoms with E-state index in [2.05, 4.69) is 15.2 Å². The van der Waals surface area contributed by atoms with Gasteiger partial charge < -0.3 is 10.2 Å². The number of hydrogen-bond donors (Lipinski definition) is 1. The van der Waals surface area contributed by atoms with E-state index >= 15 is 0 Å². The SMILES string of the molecule is [O]c1ccc2sc(N3CCC(Nc4ccccc4F)CC3)nc2c1. The first-order chi connectivity index (χ1) is 11.7. The lowest BCUT2D eigenvalue weighted by molar-refractivity contribution is 0.355. The number of aromatic nitrogens is 1. The minimum Gasteiger partial charge on any atom is -0.380 e. The first kappa shape index (κ1) is 15.2. The summed E-state index contributed by atoms with van der Waals surface area (Å²) in [5.74, 6) is -0.216. The van der Waals surface area contributed by atoms with E-state index in [9.17, 15) is 9.50 Å². The van der Waals surface area contributed by atoms with Crippen molar-refractivity contribution in [3.8, 4) is 5.75 Å². The molecule has 1 aliphatic heterocycles. The van der Waals surface area contributed by atoms with Crippen LogP contribution in [0.3, 0.4) is 0 Å². The number of rotatable bonds is 3. The maximum atomic E-state index is 13.7. The molecule has 0 saturated carbocycles. The number of nitrogens with zero attached hydrogens (tertiary/aromatic N) is 2. The van der Waals surface area contributed by atoms with Crippen LogP contribution in [0.4, 0.5) is 15.2 Å². The predicted molar refractivity (Wildman–Crippen MR) is 95.0 cm³/mol. The van der Waals surface area contributed by atoms with Gasteiger partial charge in [0.15, 0.2) is 10.9 Å². The molecule has 2 aromatic carbocycles. The second-order valence-electron chi connectivity index (χ2n) is 6.01. The lowest BCUT2D eigenvalue weighted by atomic mass is 10.1. The lowest BCUT2D eigenvalue weighted by Gasteiger charge is -2.32. The van der Waals surface area contributed by atoms with E-state index in [1.807, 2.05) is 12.1 Å². The molecule has 1 aromatic heterocycles. The molecule has 0 bridgehead atoms. The van der Waals surface area contributed by atoms with Crippen LogP contribution >= 0.6 is 11.3 Å². The van der Waals surface area contributed by atoms with E-state index in [0.717, 1.165) is 41.3 Å². The molecule has 3 aromatic rings. The highest BCUT2D eigenvalue weighted by atomic mass is 32.1. The fourth-order valence-electron chi connectivity index (χ4n) is 3.04. The average Bonchev–Trinajstić information content (AvgIpc) is 3.01. The summed E-state index contributed by atoms with van der Waals surface area (Å²) >= 11 is 1.62. The maximum absolute atomic E-state index is 13.7. The zero-order chi connectivity index (χ0) is 16.5. The zero-order valence-corrected chi connectivity index (χ0v) is 13.9. The zero-order valence-electron chi connectivity index (χ0n) is 13.0. The van der Waals surface area contributed by atoms with Gasteiger partial charge in [0.1, 0.15) is 5.82 Å². The van der Waals surface area contributed by atoms with Gasteiger partial charge in [0, 0.05) is 25.2 Å². The van der Waals surface area contributed by atoms with Gasteiger partial charge in [0.05, 0.1) is 15.9 Å². The Morgan fingerprint density at radius 2 is 1.96 bits per heavy atom. The summed E-state index contributed by atoms with van der Waals surface area (Å²) in [5.41, 5.74) is 1.34. The smallest absolute Gasteiger partial charge is 0.186 e. The molecule has 1 fully saturated rings.